The number of aliphatic imine (C=N–C) groups is 1. The summed E-state index contributed by atoms with van der Waals surface area (Å²) in [5.74, 6) is 0. The lowest BCUT2D eigenvalue weighted by molar-refractivity contribution is 0.372. The first kappa shape index (κ1) is 15.7. The van der Waals surface area contributed by atoms with Crippen molar-refractivity contribution in [2.24, 2.45) is 4.99 Å². The van der Waals surface area contributed by atoms with Gasteiger partial charge in [-0.15, -0.1) is 0 Å². The molecule has 0 aromatic rings. The lowest BCUT2D eigenvalue weighted by Crippen LogP contribution is -2.31. The van der Waals surface area contributed by atoms with Gasteiger partial charge < -0.3 is 5.32 Å². The molecule has 1 heterocycles. The zero-order chi connectivity index (χ0) is 14.4. The molecule has 0 aromatic carbocycles. The van der Waals surface area contributed by atoms with E-state index in [1.807, 2.05) is 19.9 Å². The topological polar surface area (TPSA) is 27.6 Å². The third kappa shape index (κ3) is 4.67. The Bertz CT molecular complexity index is 404. The highest BCUT2D eigenvalue weighted by Gasteiger charge is 2.23. The first-order valence-corrected chi connectivity index (χ1v) is 6.95. The standard InChI is InChI=1S/C16H27N3/c1-7-15(13(4)17-11-12(2)3)18-14(5)16-9-8-10-19(16)6/h7,16-17H,2,4,8-11H2,1,3,5-6H3/b15-7-,18-14?. The van der Waals surface area contributed by atoms with Gasteiger partial charge in [0, 0.05) is 18.3 Å². The molecule has 3 heteroatoms. The summed E-state index contributed by atoms with van der Waals surface area (Å²) < 4.78 is 0. The fraction of sp³-hybridized carbons (Fsp3) is 0.562. The highest BCUT2D eigenvalue weighted by Crippen LogP contribution is 2.18. The zero-order valence-corrected chi connectivity index (χ0v) is 12.8. The Labute approximate surface area is 117 Å². The molecule has 1 aliphatic rings. The molecule has 1 fully saturated rings. The van der Waals surface area contributed by atoms with Crippen molar-refractivity contribution < 1.29 is 0 Å². The van der Waals surface area contributed by atoms with E-state index < -0.39 is 0 Å². The summed E-state index contributed by atoms with van der Waals surface area (Å²) >= 11 is 0. The van der Waals surface area contributed by atoms with E-state index in [0.717, 1.165) is 30.1 Å². The SMILES string of the molecule is C=C(C)CNC(=C)/C(=C/C)N=C(C)C1CCCN1C. The van der Waals surface area contributed by atoms with Crippen LogP contribution in [0.1, 0.15) is 33.6 Å². The summed E-state index contributed by atoms with van der Waals surface area (Å²) in [5.41, 5.74) is 4.06. The molecule has 0 spiro atoms. The second-order valence-electron chi connectivity index (χ2n) is 5.35. The Morgan fingerprint density at radius 1 is 1.42 bits per heavy atom. The van der Waals surface area contributed by atoms with Crippen molar-refractivity contribution in [3.63, 3.8) is 0 Å². The number of hydrogen-bond acceptors (Lipinski definition) is 3. The van der Waals surface area contributed by atoms with Gasteiger partial charge in [-0.1, -0.05) is 24.8 Å². The molecule has 0 saturated carbocycles. The molecular weight excluding hydrogens is 234 g/mol. The lowest BCUT2D eigenvalue weighted by atomic mass is 10.1. The van der Waals surface area contributed by atoms with E-state index in [2.05, 4.69) is 37.3 Å². The summed E-state index contributed by atoms with van der Waals surface area (Å²) in [5, 5.41) is 3.26. The van der Waals surface area contributed by atoms with Crippen LogP contribution in [-0.4, -0.2) is 36.8 Å². The maximum Gasteiger partial charge on any atom is 0.0812 e. The van der Waals surface area contributed by atoms with Crippen molar-refractivity contribution in [1.82, 2.24) is 10.2 Å². The monoisotopic (exact) mass is 261 g/mol. The van der Waals surface area contributed by atoms with Crippen LogP contribution >= 0.6 is 0 Å². The molecule has 0 aliphatic carbocycles. The predicted molar refractivity (Wildman–Crippen MR) is 84.5 cm³/mol. The van der Waals surface area contributed by atoms with Crippen LogP contribution in [0.3, 0.4) is 0 Å². The van der Waals surface area contributed by atoms with Crippen molar-refractivity contribution in [3.05, 3.63) is 36.2 Å². The molecule has 1 rings (SSSR count). The maximum atomic E-state index is 4.75. The average Bonchev–Trinajstić information content (AvgIpc) is 2.79. The molecule has 19 heavy (non-hydrogen) atoms. The summed E-state index contributed by atoms with van der Waals surface area (Å²) in [6.45, 7) is 16.0. The minimum Gasteiger partial charge on any atom is -0.380 e. The van der Waals surface area contributed by atoms with Crippen LogP contribution in [0.2, 0.25) is 0 Å². The Balaban J connectivity index is 2.70. The summed E-state index contributed by atoms with van der Waals surface area (Å²) in [6, 6.07) is 0.476. The second-order valence-corrected chi connectivity index (χ2v) is 5.35. The molecule has 1 saturated heterocycles. The van der Waals surface area contributed by atoms with Crippen LogP contribution in [0.25, 0.3) is 0 Å². The van der Waals surface area contributed by atoms with Crippen molar-refractivity contribution in [1.29, 1.82) is 0 Å². The van der Waals surface area contributed by atoms with E-state index in [0.29, 0.717) is 6.04 Å². The molecule has 106 valence electrons. The van der Waals surface area contributed by atoms with Gasteiger partial charge in [0.25, 0.3) is 0 Å². The minimum atomic E-state index is 0.476. The third-order valence-electron chi connectivity index (χ3n) is 3.49. The predicted octanol–water partition coefficient (Wildman–Crippen LogP) is 3.12. The van der Waals surface area contributed by atoms with Crippen LogP contribution in [0.4, 0.5) is 0 Å². The molecular formula is C16H27N3. The van der Waals surface area contributed by atoms with Crippen molar-refractivity contribution in [3.8, 4) is 0 Å². The normalized spacial score (nSPS) is 21.6. The van der Waals surface area contributed by atoms with E-state index in [-0.39, 0.29) is 0 Å². The second kappa shape index (κ2) is 7.29. The van der Waals surface area contributed by atoms with Gasteiger partial charge in [0.2, 0.25) is 0 Å². The molecule has 1 unspecified atom stereocenters. The number of nitrogens with one attached hydrogen (secondary N) is 1. The van der Waals surface area contributed by atoms with E-state index in [9.17, 15) is 0 Å². The smallest absolute Gasteiger partial charge is 0.0812 e. The molecule has 0 amide bonds. The quantitative estimate of drug-likeness (QED) is 0.452. The van der Waals surface area contributed by atoms with Crippen molar-refractivity contribution in [2.75, 3.05) is 20.1 Å². The minimum absolute atomic E-state index is 0.476. The van der Waals surface area contributed by atoms with Gasteiger partial charge >= 0.3 is 0 Å². The summed E-state index contributed by atoms with van der Waals surface area (Å²) in [7, 11) is 2.17. The average molecular weight is 261 g/mol. The van der Waals surface area contributed by atoms with Crippen LogP contribution in [0.5, 0.6) is 0 Å². The van der Waals surface area contributed by atoms with Crippen LogP contribution in [0, 0.1) is 0 Å². The number of hydrogen-bond donors (Lipinski definition) is 1. The van der Waals surface area contributed by atoms with Gasteiger partial charge in [0.1, 0.15) is 0 Å². The van der Waals surface area contributed by atoms with Gasteiger partial charge in [-0.2, -0.15) is 0 Å². The number of allylic oxidation sites excluding steroid dienone is 1. The van der Waals surface area contributed by atoms with Crippen LogP contribution in [0.15, 0.2) is 41.2 Å². The van der Waals surface area contributed by atoms with Gasteiger partial charge in [-0.05, 0) is 47.2 Å². The van der Waals surface area contributed by atoms with Crippen LogP contribution in [-0.2, 0) is 0 Å². The third-order valence-corrected chi connectivity index (χ3v) is 3.49. The first-order chi connectivity index (χ1) is 8.95. The highest BCUT2D eigenvalue weighted by atomic mass is 15.2. The van der Waals surface area contributed by atoms with E-state index in [1.54, 1.807) is 0 Å². The number of nitrogens with zero attached hydrogens (tertiary/aromatic N) is 2. The van der Waals surface area contributed by atoms with E-state index >= 15 is 0 Å². The number of likely N-dealkylation sites (tertiary alicyclic amines) is 1. The molecule has 3 nitrogen and oxygen atoms in total. The highest BCUT2D eigenvalue weighted by molar-refractivity contribution is 5.88. The van der Waals surface area contributed by atoms with Gasteiger partial charge in [0.05, 0.1) is 11.4 Å². The summed E-state index contributed by atoms with van der Waals surface area (Å²) in [6.07, 6.45) is 4.47. The maximum absolute atomic E-state index is 4.75. The molecule has 1 atom stereocenters. The fourth-order valence-corrected chi connectivity index (χ4v) is 2.36. The van der Waals surface area contributed by atoms with Gasteiger partial charge in [0.15, 0.2) is 0 Å². The molecule has 0 aromatic heterocycles. The molecule has 0 radical (unpaired) electrons. The van der Waals surface area contributed by atoms with Crippen molar-refractivity contribution in [2.45, 2.75) is 39.7 Å². The zero-order valence-electron chi connectivity index (χ0n) is 12.8. The Morgan fingerprint density at radius 3 is 2.58 bits per heavy atom. The molecule has 1 aliphatic heterocycles. The Kier molecular flexibility index (Phi) is 6.03. The van der Waals surface area contributed by atoms with E-state index in [4.69, 9.17) is 4.99 Å². The van der Waals surface area contributed by atoms with Crippen LogP contribution < -0.4 is 5.32 Å². The summed E-state index contributed by atoms with van der Waals surface area (Å²) in [4.78, 5) is 7.12. The molecule has 0 bridgehead atoms. The fourth-order valence-electron chi connectivity index (χ4n) is 2.36. The lowest BCUT2D eigenvalue weighted by Gasteiger charge is -2.20. The molecule has 1 N–H and O–H groups in total. The Hall–Kier alpha value is -1.35. The van der Waals surface area contributed by atoms with E-state index in [1.165, 1.54) is 18.6 Å². The largest absolute Gasteiger partial charge is 0.380 e. The number of rotatable bonds is 6. The van der Waals surface area contributed by atoms with Gasteiger partial charge in [-0.25, -0.2) is 0 Å². The van der Waals surface area contributed by atoms with Gasteiger partial charge in [-0.3, -0.25) is 9.89 Å². The first-order valence-electron chi connectivity index (χ1n) is 6.95. The Morgan fingerprint density at radius 2 is 2.11 bits per heavy atom. The van der Waals surface area contributed by atoms with Crippen molar-refractivity contribution >= 4 is 5.71 Å².